The van der Waals surface area contributed by atoms with E-state index in [9.17, 15) is 4.79 Å². The number of amides is 1. The largest absolute Gasteiger partial charge is 0.484 e. The van der Waals surface area contributed by atoms with Crippen LogP contribution in [0.15, 0.2) is 77.6 Å². The number of benzene rings is 2. The first kappa shape index (κ1) is 19.6. The number of hydrogen-bond acceptors (Lipinski definition) is 6. The van der Waals surface area contributed by atoms with E-state index >= 15 is 0 Å². The molecule has 0 unspecified atom stereocenters. The van der Waals surface area contributed by atoms with E-state index in [1.165, 1.54) is 0 Å². The number of pyridine rings is 1. The Hall–Kier alpha value is -3.71. The van der Waals surface area contributed by atoms with Crippen LogP contribution in [-0.2, 0) is 11.2 Å². The predicted molar refractivity (Wildman–Crippen MR) is 112 cm³/mol. The summed E-state index contributed by atoms with van der Waals surface area (Å²) in [5.74, 6) is 1.19. The number of nitrogens with zero attached hydrogens (tertiary/aromatic N) is 3. The van der Waals surface area contributed by atoms with Gasteiger partial charge in [0.15, 0.2) is 6.61 Å². The van der Waals surface area contributed by atoms with Crippen LogP contribution >= 0.6 is 11.6 Å². The lowest BCUT2D eigenvalue weighted by Gasteiger charge is -2.10. The van der Waals surface area contributed by atoms with Gasteiger partial charge in [-0.15, -0.1) is 0 Å². The van der Waals surface area contributed by atoms with Crippen molar-refractivity contribution in [3.05, 3.63) is 89.5 Å². The maximum absolute atomic E-state index is 12.3. The number of rotatable bonds is 7. The normalized spacial score (nSPS) is 10.6. The summed E-state index contributed by atoms with van der Waals surface area (Å²) in [6.45, 7) is -0.123. The second-order valence-electron chi connectivity index (χ2n) is 6.38. The van der Waals surface area contributed by atoms with Crippen molar-refractivity contribution in [2.75, 3.05) is 11.9 Å². The van der Waals surface area contributed by atoms with E-state index < -0.39 is 0 Å². The van der Waals surface area contributed by atoms with Gasteiger partial charge in [-0.05, 0) is 48.0 Å². The third kappa shape index (κ3) is 5.01. The molecule has 30 heavy (non-hydrogen) atoms. The van der Waals surface area contributed by atoms with Gasteiger partial charge in [0.05, 0.1) is 6.42 Å². The Labute approximate surface area is 177 Å². The molecule has 0 aliphatic heterocycles. The maximum Gasteiger partial charge on any atom is 0.262 e. The second kappa shape index (κ2) is 9.19. The molecule has 0 saturated carbocycles. The molecular formula is C22H17ClN4O3. The highest BCUT2D eigenvalue weighted by Crippen LogP contribution is 2.21. The first-order chi connectivity index (χ1) is 14.7. The molecule has 4 rings (SSSR count). The lowest BCUT2D eigenvalue weighted by Crippen LogP contribution is -2.21. The summed E-state index contributed by atoms with van der Waals surface area (Å²) in [5.41, 5.74) is 2.27. The number of para-hydroxylation sites is 1. The molecule has 0 saturated heterocycles. The van der Waals surface area contributed by atoms with E-state index in [0.29, 0.717) is 34.6 Å². The molecule has 0 bridgehead atoms. The highest BCUT2D eigenvalue weighted by atomic mass is 35.5. The average molecular weight is 421 g/mol. The van der Waals surface area contributed by atoms with Crippen molar-refractivity contribution in [1.82, 2.24) is 15.1 Å². The fourth-order valence-corrected chi connectivity index (χ4v) is 2.89. The minimum Gasteiger partial charge on any atom is -0.484 e. The molecular weight excluding hydrogens is 404 g/mol. The molecule has 2 heterocycles. The van der Waals surface area contributed by atoms with Crippen LogP contribution in [0.3, 0.4) is 0 Å². The third-order valence-electron chi connectivity index (χ3n) is 4.20. The molecule has 0 radical (unpaired) electrons. The number of halogens is 1. The van der Waals surface area contributed by atoms with Crippen LogP contribution in [0.4, 0.5) is 5.69 Å². The Kier molecular flexibility index (Phi) is 6.01. The zero-order valence-corrected chi connectivity index (χ0v) is 16.5. The molecule has 2 aromatic carbocycles. The smallest absolute Gasteiger partial charge is 0.262 e. The Bertz CT molecular complexity index is 1130. The topological polar surface area (TPSA) is 90.1 Å². The monoisotopic (exact) mass is 420 g/mol. The fourth-order valence-electron chi connectivity index (χ4n) is 2.76. The number of carbonyl (C=O) groups excluding carboxylic acids is 1. The van der Waals surface area contributed by atoms with Crippen molar-refractivity contribution in [2.45, 2.75) is 6.42 Å². The quantitative estimate of drug-likeness (QED) is 0.476. The molecule has 2 aromatic heterocycles. The summed E-state index contributed by atoms with van der Waals surface area (Å²) in [4.78, 5) is 20.8. The average Bonchev–Trinajstić information content (AvgIpc) is 3.24. The Balaban J connectivity index is 1.40. The molecule has 0 aliphatic carbocycles. The molecule has 8 heteroatoms. The molecule has 0 fully saturated rings. The number of carbonyl (C=O) groups is 1. The minimum absolute atomic E-state index is 0.123. The van der Waals surface area contributed by atoms with Crippen LogP contribution in [0.1, 0.15) is 11.5 Å². The summed E-state index contributed by atoms with van der Waals surface area (Å²) in [6.07, 6.45) is 3.73. The van der Waals surface area contributed by atoms with Gasteiger partial charge in [-0.2, -0.15) is 4.98 Å². The molecule has 0 aliphatic rings. The van der Waals surface area contributed by atoms with E-state index in [1.807, 2.05) is 36.4 Å². The fraction of sp³-hybridized carbons (Fsp3) is 0.0909. The van der Waals surface area contributed by atoms with Crippen LogP contribution in [-0.4, -0.2) is 27.6 Å². The van der Waals surface area contributed by atoms with Gasteiger partial charge in [-0.1, -0.05) is 35.0 Å². The van der Waals surface area contributed by atoms with Crippen LogP contribution in [0.2, 0.25) is 5.02 Å². The van der Waals surface area contributed by atoms with E-state index in [0.717, 1.165) is 11.1 Å². The van der Waals surface area contributed by atoms with Crippen LogP contribution in [0, 0.1) is 0 Å². The predicted octanol–water partition coefficient (Wildman–Crippen LogP) is 4.39. The van der Waals surface area contributed by atoms with E-state index in [-0.39, 0.29) is 12.5 Å². The van der Waals surface area contributed by atoms with Gasteiger partial charge in [0, 0.05) is 28.7 Å². The summed E-state index contributed by atoms with van der Waals surface area (Å²) < 4.78 is 10.8. The molecule has 1 amide bonds. The van der Waals surface area contributed by atoms with Gasteiger partial charge in [0.2, 0.25) is 11.7 Å². The van der Waals surface area contributed by atoms with Crippen molar-refractivity contribution in [3.8, 4) is 17.1 Å². The van der Waals surface area contributed by atoms with Crippen molar-refractivity contribution >= 4 is 23.2 Å². The van der Waals surface area contributed by atoms with Crippen molar-refractivity contribution < 1.29 is 14.1 Å². The molecule has 150 valence electrons. The van der Waals surface area contributed by atoms with E-state index in [1.54, 1.807) is 36.7 Å². The van der Waals surface area contributed by atoms with Crippen LogP contribution in [0.5, 0.6) is 5.75 Å². The Morgan fingerprint density at radius 2 is 1.90 bits per heavy atom. The summed E-state index contributed by atoms with van der Waals surface area (Å²) in [6, 6.07) is 17.9. The first-order valence-corrected chi connectivity index (χ1v) is 9.54. The number of aromatic nitrogens is 3. The Morgan fingerprint density at radius 3 is 2.70 bits per heavy atom. The van der Waals surface area contributed by atoms with Crippen molar-refractivity contribution in [2.24, 2.45) is 0 Å². The van der Waals surface area contributed by atoms with Crippen molar-refractivity contribution in [3.63, 3.8) is 0 Å². The van der Waals surface area contributed by atoms with Gasteiger partial charge < -0.3 is 14.6 Å². The zero-order chi connectivity index (χ0) is 20.8. The van der Waals surface area contributed by atoms with Gasteiger partial charge in [-0.25, -0.2) is 0 Å². The number of nitrogens with one attached hydrogen (secondary N) is 1. The van der Waals surface area contributed by atoms with Crippen molar-refractivity contribution in [1.29, 1.82) is 0 Å². The SMILES string of the molecule is O=C(COc1ccc(Cl)cc1)Nc1ccccc1Cc1nc(-c2cccnc2)no1. The molecule has 0 atom stereocenters. The van der Waals surface area contributed by atoms with E-state index in [4.69, 9.17) is 20.9 Å². The number of anilines is 1. The lowest BCUT2D eigenvalue weighted by atomic mass is 10.1. The number of ether oxygens (including phenoxy) is 1. The highest BCUT2D eigenvalue weighted by molar-refractivity contribution is 6.30. The molecule has 1 N–H and O–H groups in total. The molecule has 0 spiro atoms. The van der Waals surface area contributed by atoms with Crippen LogP contribution < -0.4 is 10.1 Å². The minimum atomic E-state index is -0.279. The standard InChI is InChI=1S/C22H17ClN4O3/c23-17-7-9-18(10-8-17)29-14-20(28)25-19-6-2-1-4-15(19)12-21-26-22(27-30-21)16-5-3-11-24-13-16/h1-11,13H,12,14H2,(H,25,28). The molecule has 7 nitrogen and oxygen atoms in total. The Morgan fingerprint density at radius 1 is 1.07 bits per heavy atom. The van der Waals surface area contributed by atoms with Gasteiger partial charge in [0.1, 0.15) is 5.75 Å². The van der Waals surface area contributed by atoms with E-state index in [2.05, 4.69) is 20.4 Å². The van der Waals surface area contributed by atoms with Crippen LogP contribution in [0.25, 0.3) is 11.4 Å². The van der Waals surface area contributed by atoms with Gasteiger partial charge in [0.25, 0.3) is 5.91 Å². The highest BCUT2D eigenvalue weighted by Gasteiger charge is 2.13. The summed E-state index contributed by atoms with van der Waals surface area (Å²) in [5, 5.41) is 7.47. The lowest BCUT2D eigenvalue weighted by molar-refractivity contribution is -0.118. The summed E-state index contributed by atoms with van der Waals surface area (Å²) >= 11 is 5.85. The second-order valence-corrected chi connectivity index (χ2v) is 6.81. The first-order valence-electron chi connectivity index (χ1n) is 9.16. The maximum atomic E-state index is 12.3. The van der Waals surface area contributed by atoms with Gasteiger partial charge in [-0.3, -0.25) is 9.78 Å². The van der Waals surface area contributed by atoms with Gasteiger partial charge >= 0.3 is 0 Å². The third-order valence-corrected chi connectivity index (χ3v) is 4.46. The zero-order valence-electron chi connectivity index (χ0n) is 15.8. The molecule has 4 aromatic rings. The summed E-state index contributed by atoms with van der Waals surface area (Å²) in [7, 11) is 0. The number of hydrogen-bond donors (Lipinski definition) is 1.